The van der Waals surface area contributed by atoms with E-state index in [4.69, 9.17) is 4.42 Å². The van der Waals surface area contributed by atoms with E-state index in [1.807, 2.05) is 0 Å². The number of hydrogen-bond acceptors (Lipinski definition) is 6. The van der Waals surface area contributed by atoms with Crippen LogP contribution < -0.4 is 10.9 Å². The van der Waals surface area contributed by atoms with Crippen LogP contribution in [0.2, 0.25) is 0 Å². The number of rotatable bonds is 3. The molecule has 0 saturated heterocycles. The van der Waals surface area contributed by atoms with E-state index < -0.39 is 22.3 Å². The first kappa shape index (κ1) is 13.5. The van der Waals surface area contributed by atoms with Crippen molar-refractivity contribution in [2.75, 3.05) is 5.32 Å². The van der Waals surface area contributed by atoms with E-state index >= 15 is 0 Å². The Morgan fingerprint density at radius 3 is 2.75 bits per heavy atom. The van der Waals surface area contributed by atoms with E-state index in [2.05, 4.69) is 15.3 Å². The molecular weight excluding hydrogens is 268 g/mol. The van der Waals surface area contributed by atoms with Gasteiger partial charge >= 0.3 is 5.88 Å². The zero-order valence-corrected chi connectivity index (χ0v) is 10.6. The molecule has 0 aromatic carbocycles. The minimum Gasteiger partial charge on any atom is -0.399 e. The Bertz CT molecular complexity index is 746. The van der Waals surface area contributed by atoms with Crippen molar-refractivity contribution in [2.24, 2.45) is 0 Å². The Kier molecular flexibility index (Phi) is 3.34. The lowest BCUT2D eigenvalue weighted by Crippen LogP contribution is -2.18. The molecule has 1 amide bonds. The van der Waals surface area contributed by atoms with Crippen LogP contribution in [0.25, 0.3) is 11.5 Å². The van der Waals surface area contributed by atoms with Crippen molar-refractivity contribution in [3.05, 3.63) is 38.2 Å². The predicted molar refractivity (Wildman–Crippen MR) is 68.3 cm³/mol. The minimum atomic E-state index is -0.694. The highest BCUT2D eigenvalue weighted by Gasteiger charge is 2.18. The molecule has 0 radical (unpaired) electrons. The molecule has 2 N–H and O–H groups in total. The number of anilines is 1. The largest absolute Gasteiger partial charge is 0.433 e. The monoisotopic (exact) mass is 278 g/mol. The molecule has 0 unspecified atom stereocenters. The maximum atomic E-state index is 11.7. The molecule has 2 aromatic rings. The molecule has 2 aromatic heterocycles. The summed E-state index contributed by atoms with van der Waals surface area (Å²) in [6.45, 7) is 2.75. The van der Waals surface area contributed by atoms with Crippen LogP contribution in [-0.2, 0) is 4.79 Å². The van der Waals surface area contributed by atoms with Gasteiger partial charge in [-0.3, -0.25) is 30.0 Å². The number of nitrogens with zero attached hydrogens (tertiary/aromatic N) is 2. The van der Waals surface area contributed by atoms with Crippen molar-refractivity contribution in [2.45, 2.75) is 13.8 Å². The molecule has 0 saturated carbocycles. The van der Waals surface area contributed by atoms with Gasteiger partial charge in [-0.15, -0.1) is 0 Å². The maximum Gasteiger partial charge on any atom is 0.433 e. The number of furan rings is 1. The summed E-state index contributed by atoms with van der Waals surface area (Å²) in [4.78, 5) is 39.0. The number of aromatic amines is 1. The zero-order chi connectivity index (χ0) is 14.9. The van der Waals surface area contributed by atoms with Gasteiger partial charge in [-0.2, -0.15) is 0 Å². The zero-order valence-electron chi connectivity index (χ0n) is 10.6. The van der Waals surface area contributed by atoms with Crippen molar-refractivity contribution in [3.8, 4) is 11.5 Å². The smallest absolute Gasteiger partial charge is 0.399 e. The molecule has 0 atom stereocenters. The quantitative estimate of drug-likeness (QED) is 0.640. The lowest BCUT2D eigenvalue weighted by Gasteiger charge is -2.05. The SMILES string of the molecule is CC(=O)Nc1nc(-c2ccc([N+](=O)[O-])o2)c(C)c(=O)[nH]1. The van der Waals surface area contributed by atoms with Gasteiger partial charge in [0.15, 0.2) is 5.76 Å². The molecule has 0 spiro atoms. The Hall–Kier alpha value is -2.97. The predicted octanol–water partition coefficient (Wildman–Crippen LogP) is 1.20. The summed E-state index contributed by atoms with van der Waals surface area (Å²) in [5, 5.41) is 12.9. The lowest BCUT2D eigenvalue weighted by molar-refractivity contribution is -0.401. The highest BCUT2D eigenvalue weighted by molar-refractivity contribution is 5.86. The third-order valence-corrected chi connectivity index (χ3v) is 2.45. The summed E-state index contributed by atoms with van der Waals surface area (Å²) in [5.41, 5.74) is -0.119. The number of nitro groups is 1. The first-order valence-corrected chi connectivity index (χ1v) is 5.51. The van der Waals surface area contributed by atoms with Crippen LogP contribution >= 0.6 is 0 Å². The number of amides is 1. The van der Waals surface area contributed by atoms with E-state index in [0.717, 1.165) is 6.07 Å². The van der Waals surface area contributed by atoms with Gasteiger partial charge < -0.3 is 4.42 Å². The van der Waals surface area contributed by atoms with Gasteiger partial charge in [0.2, 0.25) is 11.9 Å². The van der Waals surface area contributed by atoms with Crippen LogP contribution in [0.15, 0.2) is 21.3 Å². The minimum absolute atomic E-state index is 0.0536. The summed E-state index contributed by atoms with van der Waals surface area (Å²) in [6, 6.07) is 2.50. The average molecular weight is 278 g/mol. The number of H-pyrrole nitrogens is 1. The number of nitrogens with one attached hydrogen (secondary N) is 2. The van der Waals surface area contributed by atoms with Gasteiger partial charge in [0.25, 0.3) is 5.56 Å². The Morgan fingerprint density at radius 1 is 1.50 bits per heavy atom. The lowest BCUT2D eigenvalue weighted by atomic mass is 10.2. The summed E-state index contributed by atoms with van der Waals surface area (Å²) in [6.07, 6.45) is 0. The molecule has 0 aliphatic heterocycles. The molecule has 20 heavy (non-hydrogen) atoms. The molecule has 0 fully saturated rings. The highest BCUT2D eigenvalue weighted by atomic mass is 16.6. The third kappa shape index (κ3) is 2.55. The summed E-state index contributed by atoms with van der Waals surface area (Å²) >= 11 is 0. The Labute approximate surface area is 111 Å². The number of hydrogen-bond donors (Lipinski definition) is 2. The fourth-order valence-electron chi connectivity index (χ4n) is 1.55. The van der Waals surface area contributed by atoms with E-state index in [1.165, 1.54) is 19.9 Å². The first-order valence-electron chi connectivity index (χ1n) is 5.51. The third-order valence-electron chi connectivity index (χ3n) is 2.45. The van der Waals surface area contributed by atoms with Crippen LogP contribution in [0, 0.1) is 17.0 Å². The molecule has 0 aliphatic carbocycles. The number of carbonyl (C=O) groups excluding carboxylic acids is 1. The molecule has 9 nitrogen and oxygen atoms in total. The second-order valence-corrected chi connectivity index (χ2v) is 3.96. The van der Waals surface area contributed by atoms with Crippen LogP contribution in [0.3, 0.4) is 0 Å². The molecule has 2 heterocycles. The summed E-state index contributed by atoms with van der Waals surface area (Å²) < 4.78 is 5.00. The molecule has 0 bridgehead atoms. The van der Waals surface area contributed by atoms with Gasteiger partial charge in [-0.1, -0.05) is 0 Å². The molecule has 2 rings (SSSR count). The van der Waals surface area contributed by atoms with E-state index in [9.17, 15) is 19.7 Å². The normalized spacial score (nSPS) is 10.3. The van der Waals surface area contributed by atoms with Crippen LogP contribution in [0.5, 0.6) is 0 Å². The fraction of sp³-hybridized carbons (Fsp3) is 0.182. The topological polar surface area (TPSA) is 131 Å². The fourth-order valence-corrected chi connectivity index (χ4v) is 1.55. The Balaban J connectivity index is 2.54. The van der Waals surface area contributed by atoms with Gasteiger partial charge in [-0.25, -0.2) is 4.98 Å². The number of aromatic nitrogens is 2. The van der Waals surface area contributed by atoms with Gasteiger partial charge in [-0.05, 0) is 13.0 Å². The van der Waals surface area contributed by atoms with Crippen LogP contribution in [-0.4, -0.2) is 20.8 Å². The first-order chi connectivity index (χ1) is 9.38. The molecule has 104 valence electrons. The van der Waals surface area contributed by atoms with Crippen molar-refractivity contribution < 1.29 is 14.1 Å². The van der Waals surface area contributed by atoms with Crippen LogP contribution in [0.4, 0.5) is 11.8 Å². The summed E-state index contributed by atoms with van der Waals surface area (Å²) in [7, 11) is 0. The number of carbonyl (C=O) groups is 1. The van der Waals surface area contributed by atoms with E-state index in [1.54, 1.807) is 0 Å². The average Bonchev–Trinajstić information content (AvgIpc) is 2.82. The second-order valence-electron chi connectivity index (χ2n) is 3.96. The van der Waals surface area contributed by atoms with Crippen molar-refractivity contribution >= 4 is 17.7 Å². The highest BCUT2D eigenvalue weighted by Crippen LogP contribution is 2.26. The van der Waals surface area contributed by atoms with Crippen molar-refractivity contribution in [3.63, 3.8) is 0 Å². The van der Waals surface area contributed by atoms with Gasteiger partial charge in [0.05, 0.1) is 6.07 Å². The summed E-state index contributed by atoms with van der Waals surface area (Å²) in [5.74, 6) is -0.843. The second kappa shape index (κ2) is 4.96. The van der Waals surface area contributed by atoms with E-state index in [0.29, 0.717) is 0 Å². The standard InChI is InChI=1S/C11H10N4O5/c1-5-9(7-3-4-8(20-7)15(18)19)13-11(12-6(2)16)14-10(5)17/h3-4H,1-2H3,(H2,12,13,14,16,17). The Morgan fingerprint density at radius 2 is 2.20 bits per heavy atom. The molecule has 0 aliphatic rings. The maximum absolute atomic E-state index is 11.7. The molecule has 9 heteroatoms. The van der Waals surface area contributed by atoms with Crippen molar-refractivity contribution in [1.29, 1.82) is 0 Å². The van der Waals surface area contributed by atoms with Gasteiger partial charge in [0, 0.05) is 12.5 Å². The van der Waals surface area contributed by atoms with Crippen LogP contribution in [0.1, 0.15) is 12.5 Å². The van der Waals surface area contributed by atoms with E-state index in [-0.39, 0.29) is 23.0 Å². The molecular formula is C11H10N4O5. The van der Waals surface area contributed by atoms with Crippen molar-refractivity contribution in [1.82, 2.24) is 9.97 Å². The van der Waals surface area contributed by atoms with Gasteiger partial charge in [0.1, 0.15) is 10.6 Å².